The van der Waals surface area contributed by atoms with Gasteiger partial charge in [-0.15, -0.1) is 0 Å². The van der Waals surface area contributed by atoms with Crippen molar-refractivity contribution >= 4 is 11.4 Å². The fourth-order valence-electron chi connectivity index (χ4n) is 5.47. The number of rotatable bonds is 4. The summed E-state index contributed by atoms with van der Waals surface area (Å²) in [5, 5.41) is 0. The van der Waals surface area contributed by atoms with Crippen LogP contribution in [0.3, 0.4) is 0 Å². The molecule has 4 aromatic rings. The van der Waals surface area contributed by atoms with E-state index in [1.807, 2.05) is 0 Å². The minimum absolute atomic E-state index is 0.0237. The van der Waals surface area contributed by atoms with Crippen LogP contribution < -0.4 is 4.90 Å². The first-order valence-corrected chi connectivity index (χ1v) is 12.0. The first kappa shape index (κ1) is 21.5. The first-order chi connectivity index (χ1) is 15.8. The van der Waals surface area contributed by atoms with E-state index in [1.165, 1.54) is 55.9 Å². The van der Waals surface area contributed by atoms with E-state index in [2.05, 4.69) is 131 Å². The van der Waals surface area contributed by atoms with Gasteiger partial charge >= 0.3 is 0 Å². The monoisotopic (exact) mass is 431 g/mol. The lowest BCUT2D eigenvalue weighted by Crippen LogP contribution is -2.27. The van der Waals surface area contributed by atoms with E-state index in [0.717, 1.165) is 0 Å². The number of benzene rings is 4. The maximum Gasteiger partial charge on any atom is 0.0449 e. The highest BCUT2D eigenvalue weighted by atomic mass is 15.2. The predicted molar refractivity (Wildman–Crippen MR) is 143 cm³/mol. The second kappa shape index (κ2) is 7.92. The molecule has 0 N–H and O–H groups in total. The van der Waals surface area contributed by atoms with Crippen LogP contribution in [0.25, 0.3) is 22.3 Å². The molecule has 0 radical (unpaired) electrons. The van der Waals surface area contributed by atoms with Crippen molar-refractivity contribution in [3.63, 3.8) is 0 Å². The number of hydrogen-bond acceptors (Lipinski definition) is 1. The highest BCUT2D eigenvalue weighted by Crippen LogP contribution is 2.52. The van der Waals surface area contributed by atoms with Crippen LogP contribution in [0.4, 0.5) is 11.4 Å². The Kier molecular flexibility index (Phi) is 5.16. The molecule has 0 unspecified atom stereocenters. The summed E-state index contributed by atoms with van der Waals surface area (Å²) in [6.45, 7) is 13.8. The highest BCUT2D eigenvalue weighted by Gasteiger charge is 2.36. The third kappa shape index (κ3) is 3.47. The zero-order valence-corrected chi connectivity index (χ0v) is 20.6. The van der Waals surface area contributed by atoms with Crippen LogP contribution in [-0.4, -0.2) is 6.04 Å². The second-order valence-electron chi connectivity index (χ2n) is 10.2. The molecule has 0 amide bonds. The lowest BCUT2D eigenvalue weighted by atomic mass is 9.81. The molecule has 0 spiro atoms. The smallest absolute Gasteiger partial charge is 0.0449 e. The Morgan fingerprint density at radius 2 is 1.27 bits per heavy atom. The zero-order valence-electron chi connectivity index (χ0n) is 20.6. The van der Waals surface area contributed by atoms with Gasteiger partial charge in [-0.05, 0) is 90.4 Å². The Bertz CT molecular complexity index is 1330. The van der Waals surface area contributed by atoms with E-state index in [4.69, 9.17) is 0 Å². The van der Waals surface area contributed by atoms with E-state index in [1.54, 1.807) is 0 Å². The normalized spacial score (nSPS) is 13.7. The van der Waals surface area contributed by atoms with Gasteiger partial charge in [0.25, 0.3) is 0 Å². The molecule has 1 aliphatic rings. The lowest BCUT2D eigenvalue weighted by molar-refractivity contribution is 0.659. The molecule has 33 heavy (non-hydrogen) atoms. The summed E-state index contributed by atoms with van der Waals surface area (Å²) in [5.41, 5.74) is 13.3. The number of para-hydroxylation sites is 1. The number of hydrogen-bond donors (Lipinski definition) is 0. The van der Waals surface area contributed by atoms with Crippen LogP contribution in [0.1, 0.15) is 49.9 Å². The highest BCUT2D eigenvalue weighted by molar-refractivity contribution is 5.87. The number of nitrogens with zero attached hydrogens (tertiary/aromatic N) is 1. The Morgan fingerprint density at radius 3 is 1.97 bits per heavy atom. The molecule has 1 nitrogen and oxygen atoms in total. The quantitative estimate of drug-likeness (QED) is 0.312. The molecular formula is C32H33N. The molecule has 0 aromatic heterocycles. The molecular weight excluding hydrogens is 398 g/mol. The minimum Gasteiger partial charge on any atom is -0.338 e. The summed E-state index contributed by atoms with van der Waals surface area (Å²) in [5.74, 6) is 0. The van der Waals surface area contributed by atoms with Crippen molar-refractivity contribution in [3.8, 4) is 22.3 Å². The lowest BCUT2D eigenvalue weighted by Gasteiger charge is -2.33. The van der Waals surface area contributed by atoms with Gasteiger partial charge < -0.3 is 4.90 Å². The maximum absolute atomic E-state index is 2.49. The van der Waals surface area contributed by atoms with Gasteiger partial charge in [0, 0.05) is 22.8 Å². The summed E-state index contributed by atoms with van der Waals surface area (Å²) in [7, 11) is 0. The summed E-state index contributed by atoms with van der Waals surface area (Å²) < 4.78 is 0. The molecule has 0 aliphatic heterocycles. The van der Waals surface area contributed by atoms with Gasteiger partial charge in [0.05, 0.1) is 0 Å². The van der Waals surface area contributed by atoms with Crippen molar-refractivity contribution in [2.45, 2.75) is 53.0 Å². The predicted octanol–water partition coefficient (Wildman–Crippen LogP) is 8.82. The molecule has 5 rings (SSSR count). The van der Waals surface area contributed by atoms with Gasteiger partial charge in [-0.1, -0.05) is 80.6 Å². The minimum atomic E-state index is -0.0237. The molecule has 0 heterocycles. The number of aryl methyl sites for hydroxylation is 2. The Morgan fingerprint density at radius 1 is 0.606 bits per heavy atom. The van der Waals surface area contributed by atoms with E-state index in [0.29, 0.717) is 6.04 Å². The van der Waals surface area contributed by atoms with E-state index in [9.17, 15) is 0 Å². The summed E-state index contributed by atoms with van der Waals surface area (Å²) in [6, 6.07) is 31.7. The molecule has 0 atom stereocenters. The van der Waals surface area contributed by atoms with Gasteiger partial charge in [-0.3, -0.25) is 0 Å². The SMILES string of the molecule is Cc1ccccc1N(c1cc2c(cc1C)C(C)(C)c1cc(-c3ccccc3)ccc1-2)C(C)C. The molecule has 0 saturated heterocycles. The fourth-order valence-corrected chi connectivity index (χ4v) is 5.47. The van der Waals surface area contributed by atoms with E-state index >= 15 is 0 Å². The van der Waals surface area contributed by atoms with Gasteiger partial charge in [0.15, 0.2) is 0 Å². The van der Waals surface area contributed by atoms with Crippen LogP contribution in [0.2, 0.25) is 0 Å². The van der Waals surface area contributed by atoms with Gasteiger partial charge in [0.2, 0.25) is 0 Å². The Balaban J connectivity index is 1.68. The molecule has 1 heteroatoms. The first-order valence-electron chi connectivity index (χ1n) is 12.0. The van der Waals surface area contributed by atoms with E-state index in [-0.39, 0.29) is 5.41 Å². The molecule has 1 aliphatic carbocycles. The molecule has 4 aromatic carbocycles. The molecule has 166 valence electrons. The van der Waals surface area contributed by atoms with Crippen molar-refractivity contribution in [2.75, 3.05) is 4.90 Å². The van der Waals surface area contributed by atoms with Crippen molar-refractivity contribution in [1.29, 1.82) is 0 Å². The van der Waals surface area contributed by atoms with Crippen molar-refractivity contribution in [1.82, 2.24) is 0 Å². The third-order valence-corrected chi connectivity index (χ3v) is 7.25. The topological polar surface area (TPSA) is 3.24 Å². The van der Waals surface area contributed by atoms with Crippen LogP contribution in [-0.2, 0) is 5.41 Å². The van der Waals surface area contributed by atoms with Crippen molar-refractivity contribution < 1.29 is 0 Å². The maximum atomic E-state index is 2.49. The van der Waals surface area contributed by atoms with Gasteiger partial charge in [0.1, 0.15) is 0 Å². The zero-order chi connectivity index (χ0) is 23.3. The molecule has 0 fully saturated rings. The van der Waals surface area contributed by atoms with Crippen LogP contribution in [0, 0.1) is 13.8 Å². The molecule has 0 saturated carbocycles. The standard InChI is InChI=1S/C32H33N/c1-21(2)33(30-15-11-10-12-22(30)3)31-20-27-26-17-16-25(24-13-8-7-9-14-24)19-29(26)32(5,6)28(27)18-23(31)4/h7-21H,1-6H3. The summed E-state index contributed by atoms with van der Waals surface area (Å²) in [4.78, 5) is 2.49. The molecule has 0 bridgehead atoms. The number of fused-ring (bicyclic) bond motifs is 3. The van der Waals surface area contributed by atoms with Crippen LogP contribution >= 0.6 is 0 Å². The second-order valence-corrected chi connectivity index (χ2v) is 10.2. The van der Waals surface area contributed by atoms with Gasteiger partial charge in [-0.2, -0.15) is 0 Å². The number of anilines is 2. The average Bonchev–Trinajstić information content (AvgIpc) is 3.02. The Labute approximate surface area is 198 Å². The fraction of sp³-hybridized carbons (Fsp3) is 0.250. The summed E-state index contributed by atoms with van der Waals surface area (Å²) in [6.07, 6.45) is 0. The van der Waals surface area contributed by atoms with Gasteiger partial charge in [-0.25, -0.2) is 0 Å². The van der Waals surface area contributed by atoms with Crippen LogP contribution in [0.15, 0.2) is 84.9 Å². The van der Waals surface area contributed by atoms with Crippen molar-refractivity contribution in [3.05, 3.63) is 107 Å². The largest absolute Gasteiger partial charge is 0.338 e. The third-order valence-electron chi connectivity index (χ3n) is 7.25. The summed E-state index contributed by atoms with van der Waals surface area (Å²) >= 11 is 0. The Hall–Kier alpha value is -3.32. The van der Waals surface area contributed by atoms with Crippen molar-refractivity contribution in [2.24, 2.45) is 0 Å². The van der Waals surface area contributed by atoms with Crippen LogP contribution in [0.5, 0.6) is 0 Å². The average molecular weight is 432 g/mol. The van der Waals surface area contributed by atoms with E-state index < -0.39 is 0 Å².